The third kappa shape index (κ3) is 5.09. The van der Waals surface area contributed by atoms with E-state index >= 15 is 0 Å². The van der Waals surface area contributed by atoms with Gasteiger partial charge in [-0.15, -0.1) is 11.8 Å². The first-order valence-corrected chi connectivity index (χ1v) is 10.5. The Labute approximate surface area is 178 Å². The first kappa shape index (κ1) is 22.3. The molecular weight excluding hydrogens is 436 g/mol. The van der Waals surface area contributed by atoms with Gasteiger partial charge in [-0.05, 0) is 61.7 Å². The van der Waals surface area contributed by atoms with Crippen molar-refractivity contribution in [3.05, 3.63) is 79.8 Å². The molecule has 1 N–H and O–H groups in total. The maximum absolute atomic E-state index is 12.6. The highest BCUT2D eigenvalue weighted by Gasteiger charge is 2.17. The molecule has 148 valence electrons. The van der Waals surface area contributed by atoms with E-state index in [9.17, 15) is 9.90 Å². The predicted molar refractivity (Wildman–Crippen MR) is 122 cm³/mol. The summed E-state index contributed by atoms with van der Waals surface area (Å²) in [6.07, 6.45) is 0.565. The maximum atomic E-state index is 12.6. The second kappa shape index (κ2) is 9.48. The molecule has 0 fully saturated rings. The van der Waals surface area contributed by atoms with Crippen LogP contribution in [0.4, 0.5) is 0 Å². The van der Waals surface area contributed by atoms with Gasteiger partial charge in [0.2, 0.25) is 0 Å². The monoisotopic (exact) mass is 460 g/mol. The summed E-state index contributed by atoms with van der Waals surface area (Å²) in [6.45, 7) is 5.90. The largest absolute Gasteiger partial charge is 0.507 e. The van der Waals surface area contributed by atoms with Gasteiger partial charge >= 0.3 is 5.63 Å². The van der Waals surface area contributed by atoms with Crippen LogP contribution in [0.1, 0.15) is 29.9 Å². The number of hydrogen-bond acceptors (Lipinski definition) is 4. The molecule has 3 rings (SSSR count). The lowest BCUT2D eigenvalue weighted by atomic mass is 9.94. The van der Waals surface area contributed by atoms with Crippen molar-refractivity contribution < 1.29 is 9.52 Å². The first-order chi connectivity index (χ1) is 12.8. The molecule has 0 amide bonds. The fourth-order valence-electron chi connectivity index (χ4n) is 3.26. The SMILES string of the molecule is C.Cc1cc(C)c(-c2c(O)cc(CCSc3ccc(Br)cc3)oc2=O)c(C)c1. The van der Waals surface area contributed by atoms with Gasteiger partial charge in [-0.2, -0.15) is 0 Å². The van der Waals surface area contributed by atoms with Gasteiger partial charge in [0, 0.05) is 27.6 Å². The van der Waals surface area contributed by atoms with Crippen molar-refractivity contribution in [2.24, 2.45) is 0 Å². The Bertz CT molecular complexity index is 1000. The van der Waals surface area contributed by atoms with Crippen LogP contribution in [0.15, 0.2) is 61.0 Å². The molecule has 0 radical (unpaired) electrons. The molecule has 28 heavy (non-hydrogen) atoms. The van der Waals surface area contributed by atoms with Gasteiger partial charge in [0.15, 0.2) is 0 Å². The van der Waals surface area contributed by atoms with E-state index in [1.807, 2.05) is 57.2 Å². The van der Waals surface area contributed by atoms with Crippen molar-refractivity contribution in [3.8, 4) is 16.9 Å². The van der Waals surface area contributed by atoms with Crippen molar-refractivity contribution in [1.29, 1.82) is 0 Å². The van der Waals surface area contributed by atoms with Crippen LogP contribution in [-0.2, 0) is 6.42 Å². The molecule has 0 spiro atoms. The molecule has 5 heteroatoms. The molecule has 0 bridgehead atoms. The Kier molecular flexibility index (Phi) is 7.55. The normalized spacial score (nSPS) is 10.6. The van der Waals surface area contributed by atoms with E-state index in [1.54, 1.807) is 17.8 Å². The van der Waals surface area contributed by atoms with Gasteiger partial charge in [0.25, 0.3) is 0 Å². The van der Waals surface area contributed by atoms with E-state index in [0.29, 0.717) is 12.2 Å². The summed E-state index contributed by atoms with van der Waals surface area (Å²) in [5, 5.41) is 10.5. The third-order valence-corrected chi connectivity index (χ3v) is 5.88. The Balaban J connectivity index is 0.00000280. The highest BCUT2D eigenvalue weighted by molar-refractivity contribution is 9.10. The van der Waals surface area contributed by atoms with Gasteiger partial charge in [-0.1, -0.05) is 41.1 Å². The average molecular weight is 461 g/mol. The number of benzene rings is 2. The van der Waals surface area contributed by atoms with Crippen LogP contribution in [0.2, 0.25) is 0 Å². The molecule has 0 unspecified atom stereocenters. The maximum Gasteiger partial charge on any atom is 0.347 e. The van der Waals surface area contributed by atoms with Gasteiger partial charge in [0.1, 0.15) is 17.1 Å². The third-order valence-electron chi connectivity index (χ3n) is 4.34. The summed E-state index contributed by atoms with van der Waals surface area (Å²) in [4.78, 5) is 13.7. The number of thioether (sulfide) groups is 1. The minimum absolute atomic E-state index is 0. The van der Waals surface area contributed by atoms with Crippen molar-refractivity contribution >= 4 is 27.7 Å². The lowest BCUT2D eigenvalue weighted by Crippen LogP contribution is -2.08. The van der Waals surface area contributed by atoms with Gasteiger partial charge in [-0.3, -0.25) is 0 Å². The summed E-state index contributed by atoms with van der Waals surface area (Å²) in [6, 6.07) is 13.6. The van der Waals surface area contributed by atoms with Crippen molar-refractivity contribution in [1.82, 2.24) is 0 Å². The first-order valence-electron chi connectivity index (χ1n) is 8.67. The molecular formula is C23H25BrO3S. The average Bonchev–Trinajstić information content (AvgIpc) is 2.58. The Morgan fingerprint density at radius 2 is 1.61 bits per heavy atom. The predicted octanol–water partition coefficient (Wildman–Crippen LogP) is 6.67. The summed E-state index contributed by atoms with van der Waals surface area (Å²) >= 11 is 5.10. The molecule has 0 aliphatic rings. The van der Waals surface area contributed by atoms with Crippen molar-refractivity contribution in [3.63, 3.8) is 0 Å². The summed E-state index contributed by atoms with van der Waals surface area (Å²) in [5.74, 6) is 1.23. The fourth-order valence-corrected chi connectivity index (χ4v) is 4.39. The topological polar surface area (TPSA) is 50.4 Å². The van der Waals surface area contributed by atoms with Crippen LogP contribution < -0.4 is 5.63 Å². The number of aromatic hydroxyl groups is 1. The summed E-state index contributed by atoms with van der Waals surface area (Å²) in [7, 11) is 0. The quantitative estimate of drug-likeness (QED) is 0.431. The van der Waals surface area contributed by atoms with Crippen molar-refractivity contribution in [2.75, 3.05) is 5.75 Å². The van der Waals surface area contributed by atoms with Crippen LogP contribution >= 0.6 is 27.7 Å². The molecule has 1 heterocycles. The van der Waals surface area contributed by atoms with E-state index in [0.717, 1.165) is 37.4 Å². The molecule has 0 aliphatic carbocycles. The molecule has 0 atom stereocenters. The lowest BCUT2D eigenvalue weighted by Gasteiger charge is -2.12. The number of aryl methyl sites for hydroxylation is 4. The smallest absolute Gasteiger partial charge is 0.347 e. The van der Waals surface area contributed by atoms with Crippen LogP contribution in [0.5, 0.6) is 5.75 Å². The Morgan fingerprint density at radius 3 is 2.18 bits per heavy atom. The zero-order valence-corrected chi connectivity index (χ0v) is 17.9. The molecule has 0 saturated carbocycles. The van der Waals surface area contributed by atoms with E-state index in [1.165, 1.54) is 0 Å². The summed E-state index contributed by atoms with van der Waals surface area (Å²) in [5.41, 5.74) is 3.53. The van der Waals surface area contributed by atoms with Crippen LogP contribution in [0.3, 0.4) is 0 Å². The number of hydrogen-bond donors (Lipinski definition) is 1. The lowest BCUT2D eigenvalue weighted by molar-refractivity contribution is 0.430. The second-order valence-corrected chi connectivity index (χ2v) is 8.67. The number of halogens is 1. The minimum atomic E-state index is -0.492. The Hall–Kier alpha value is -1.98. The Morgan fingerprint density at radius 1 is 1.00 bits per heavy atom. The van der Waals surface area contributed by atoms with E-state index in [4.69, 9.17) is 4.42 Å². The molecule has 2 aromatic carbocycles. The van der Waals surface area contributed by atoms with E-state index < -0.39 is 5.63 Å². The highest BCUT2D eigenvalue weighted by atomic mass is 79.9. The fraction of sp³-hybridized carbons (Fsp3) is 0.261. The van der Waals surface area contributed by atoms with Gasteiger partial charge in [0.05, 0.1) is 0 Å². The van der Waals surface area contributed by atoms with E-state index in [-0.39, 0.29) is 18.7 Å². The minimum Gasteiger partial charge on any atom is -0.507 e. The van der Waals surface area contributed by atoms with Crippen LogP contribution in [0, 0.1) is 20.8 Å². The molecule has 0 saturated heterocycles. The standard InChI is InChI=1S/C22H21BrO3S.CH4/c1-13-10-14(2)20(15(3)11-13)21-19(24)12-17(26-22(21)25)8-9-27-18-6-4-16(23)5-7-18;/h4-7,10-12,24H,8-9H2,1-3H3;1H4. The zero-order chi connectivity index (χ0) is 19.6. The zero-order valence-electron chi connectivity index (χ0n) is 15.5. The summed E-state index contributed by atoms with van der Waals surface area (Å²) < 4.78 is 6.55. The molecule has 3 nitrogen and oxygen atoms in total. The molecule has 3 aromatic rings. The van der Waals surface area contributed by atoms with E-state index in [2.05, 4.69) is 15.9 Å². The molecule has 1 aromatic heterocycles. The van der Waals surface area contributed by atoms with Crippen molar-refractivity contribution in [2.45, 2.75) is 39.5 Å². The van der Waals surface area contributed by atoms with Crippen LogP contribution in [-0.4, -0.2) is 10.9 Å². The number of rotatable bonds is 5. The molecule has 0 aliphatic heterocycles. The van der Waals surface area contributed by atoms with Crippen LogP contribution in [0.25, 0.3) is 11.1 Å². The highest BCUT2D eigenvalue weighted by Crippen LogP contribution is 2.33. The van der Waals surface area contributed by atoms with Gasteiger partial charge < -0.3 is 9.52 Å². The van der Waals surface area contributed by atoms with Gasteiger partial charge in [-0.25, -0.2) is 4.79 Å². The second-order valence-electron chi connectivity index (χ2n) is 6.59.